The van der Waals surface area contributed by atoms with Crippen LogP contribution in [0.1, 0.15) is 30.4 Å². The van der Waals surface area contributed by atoms with Gasteiger partial charge in [-0.15, -0.1) is 0 Å². The highest BCUT2D eigenvalue weighted by Gasteiger charge is 2.31. The third kappa shape index (κ3) is 4.57. The highest BCUT2D eigenvalue weighted by molar-refractivity contribution is 5.79. The second kappa shape index (κ2) is 8.12. The lowest BCUT2D eigenvalue weighted by atomic mass is 10.0. The summed E-state index contributed by atoms with van der Waals surface area (Å²) in [7, 11) is 1.65. The number of methoxy groups -OCH3 is 1. The molecule has 1 aromatic heterocycles. The van der Waals surface area contributed by atoms with Gasteiger partial charge < -0.3 is 15.4 Å². The van der Waals surface area contributed by atoms with Crippen LogP contribution in [0.2, 0.25) is 0 Å². The quantitative estimate of drug-likeness (QED) is 0.879. The molecule has 1 fully saturated rings. The molecule has 2 aromatic rings. The van der Waals surface area contributed by atoms with Crippen molar-refractivity contribution in [1.82, 2.24) is 9.88 Å². The number of hydrogen-bond donors (Lipinski definition) is 1. The molecular formula is C20H25N3O2. The van der Waals surface area contributed by atoms with Gasteiger partial charge in [0.05, 0.1) is 7.11 Å². The number of aromatic nitrogens is 1. The lowest BCUT2D eigenvalue weighted by molar-refractivity contribution is -0.136. The summed E-state index contributed by atoms with van der Waals surface area (Å²) >= 11 is 0. The van der Waals surface area contributed by atoms with Crippen LogP contribution in [0.4, 0.5) is 0 Å². The minimum atomic E-state index is 0.0371. The number of ether oxygens (including phenoxy) is 1. The van der Waals surface area contributed by atoms with Crippen molar-refractivity contribution in [3.05, 3.63) is 59.9 Å². The maximum absolute atomic E-state index is 13.1. The molecule has 0 radical (unpaired) electrons. The molecule has 1 heterocycles. The van der Waals surface area contributed by atoms with Crippen LogP contribution in [0.3, 0.4) is 0 Å². The Kier molecular flexibility index (Phi) is 5.66. The SMILES string of the molecule is COc1ccc(CN(Cc2ccncc2)C(=O)[C@H]2CC[C@@H](N)C2)cc1. The van der Waals surface area contributed by atoms with E-state index in [1.54, 1.807) is 19.5 Å². The van der Waals surface area contributed by atoms with Gasteiger partial charge in [-0.3, -0.25) is 9.78 Å². The number of carbonyl (C=O) groups is 1. The molecule has 2 N–H and O–H groups in total. The molecule has 0 aliphatic heterocycles. The Balaban J connectivity index is 1.76. The zero-order valence-electron chi connectivity index (χ0n) is 14.6. The van der Waals surface area contributed by atoms with E-state index in [0.29, 0.717) is 13.1 Å². The summed E-state index contributed by atoms with van der Waals surface area (Å²) in [6.45, 7) is 1.16. The monoisotopic (exact) mass is 339 g/mol. The minimum absolute atomic E-state index is 0.0371. The molecule has 1 aliphatic rings. The number of hydrogen-bond acceptors (Lipinski definition) is 4. The molecule has 3 rings (SSSR count). The predicted molar refractivity (Wildman–Crippen MR) is 96.8 cm³/mol. The molecule has 1 amide bonds. The van der Waals surface area contributed by atoms with Crippen molar-refractivity contribution in [3.63, 3.8) is 0 Å². The standard InChI is InChI=1S/C20H25N3O2/c1-25-19-6-2-15(3-7-19)13-23(14-16-8-10-22-11-9-16)20(24)17-4-5-18(21)12-17/h2-3,6-11,17-18H,4-5,12-14,21H2,1H3/t17-,18+/m0/s1. The highest BCUT2D eigenvalue weighted by atomic mass is 16.5. The van der Waals surface area contributed by atoms with Crippen molar-refractivity contribution in [2.45, 2.75) is 38.4 Å². The number of carbonyl (C=O) groups excluding carboxylic acids is 1. The topological polar surface area (TPSA) is 68.5 Å². The molecule has 25 heavy (non-hydrogen) atoms. The van der Waals surface area contributed by atoms with E-state index in [4.69, 9.17) is 10.5 Å². The van der Waals surface area contributed by atoms with Gasteiger partial charge >= 0.3 is 0 Å². The Bertz CT molecular complexity index is 688. The number of amides is 1. The first-order valence-electron chi connectivity index (χ1n) is 8.72. The van der Waals surface area contributed by atoms with Gasteiger partial charge in [-0.1, -0.05) is 12.1 Å². The molecule has 132 valence electrons. The molecule has 5 nitrogen and oxygen atoms in total. The van der Waals surface area contributed by atoms with Gasteiger partial charge in [-0.05, 0) is 54.7 Å². The molecule has 1 aromatic carbocycles. The Labute approximate surface area is 148 Å². The average molecular weight is 339 g/mol. The van der Waals surface area contributed by atoms with Crippen molar-refractivity contribution in [3.8, 4) is 5.75 Å². The second-order valence-corrected chi connectivity index (χ2v) is 6.67. The molecule has 1 aliphatic carbocycles. The van der Waals surface area contributed by atoms with Crippen LogP contribution in [-0.2, 0) is 17.9 Å². The minimum Gasteiger partial charge on any atom is -0.497 e. The van der Waals surface area contributed by atoms with E-state index in [1.807, 2.05) is 41.3 Å². The highest BCUT2D eigenvalue weighted by Crippen LogP contribution is 2.27. The van der Waals surface area contributed by atoms with Crippen molar-refractivity contribution in [1.29, 1.82) is 0 Å². The third-order valence-electron chi connectivity index (χ3n) is 4.79. The Hall–Kier alpha value is -2.40. The van der Waals surface area contributed by atoms with Gasteiger partial charge in [0.2, 0.25) is 5.91 Å². The molecule has 0 spiro atoms. The summed E-state index contributed by atoms with van der Waals surface area (Å²) in [6.07, 6.45) is 6.12. The molecule has 5 heteroatoms. The van der Waals surface area contributed by atoms with Crippen LogP contribution in [0.5, 0.6) is 5.75 Å². The van der Waals surface area contributed by atoms with E-state index in [-0.39, 0.29) is 17.9 Å². The second-order valence-electron chi connectivity index (χ2n) is 6.67. The molecule has 0 saturated heterocycles. The first kappa shape index (κ1) is 17.4. The Morgan fingerprint density at radius 1 is 1.12 bits per heavy atom. The third-order valence-corrected chi connectivity index (χ3v) is 4.79. The zero-order valence-corrected chi connectivity index (χ0v) is 14.6. The van der Waals surface area contributed by atoms with E-state index < -0.39 is 0 Å². The van der Waals surface area contributed by atoms with Crippen LogP contribution >= 0.6 is 0 Å². The van der Waals surface area contributed by atoms with Gasteiger partial charge in [0, 0.05) is 37.4 Å². The van der Waals surface area contributed by atoms with Crippen LogP contribution < -0.4 is 10.5 Å². The fraction of sp³-hybridized carbons (Fsp3) is 0.400. The van der Waals surface area contributed by atoms with E-state index in [2.05, 4.69) is 4.98 Å². The summed E-state index contributed by atoms with van der Waals surface area (Å²) in [5, 5.41) is 0. The van der Waals surface area contributed by atoms with Gasteiger partial charge in [-0.2, -0.15) is 0 Å². The number of nitrogens with two attached hydrogens (primary N) is 1. The summed E-state index contributed by atoms with van der Waals surface area (Å²) in [5.41, 5.74) is 8.18. The van der Waals surface area contributed by atoms with Gasteiger partial charge in [0.15, 0.2) is 0 Å². The molecular weight excluding hydrogens is 314 g/mol. The number of pyridine rings is 1. The number of nitrogens with zero attached hydrogens (tertiary/aromatic N) is 2. The van der Waals surface area contributed by atoms with Gasteiger partial charge in [-0.25, -0.2) is 0 Å². The number of rotatable bonds is 6. The fourth-order valence-electron chi connectivity index (χ4n) is 3.37. The lowest BCUT2D eigenvalue weighted by Gasteiger charge is -2.26. The largest absolute Gasteiger partial charge is 0.497 e. The molecule has 1 saturated carbocycles. The van der Waals surface area contributed by atoms with Crippen LogP contribution in [-0.4, -0.2) is 28.9 Å². The average Bonchev–Trinajstić information content (AvgIpc) is 3.08. The zero-order chi connectivity index (χ0) is 17.6. The summed E-state index contributed by atoms with van der Waals surface area (Å²) in [4.78, 5) is 19.0. The summed E-state index contributed by atoms with van der Waals surface area (Å²) in [6, 6.07) is 11.9. The van der Waals surface area contributed by atoms with Crippen molar-refractivity contribution in [2.75, 3.05) is 7.11 Å². The van der Waals surface area contributed by atoms with Crippen LogP contribution in [0.15, 0.2) is 48.8 Å². The first-order chi connectivity index (χ1) is 12.2. The normalized spacial score (nSPS) is 19.6. The van der Waals surface area contributed by atoms with Crippen molar-refractivity contribution in [2.24, 2.45) is 11.7 Å². The van der Waals surface area contributed by atoms with Gasteiger partial charge in [0.25, 0.3) is 0 Å². The van der Waals surface area contributed by atoms with Crippen LogP contribution in [0, 0.1) is 5.92 Å². The van der Waals surface area contributed by atoms with E-state index >= 15 is 0 Å². The van der Waals surface area contributed by atoms with Gasteiger partial charge in [0.1, 0.15) is 5.75 Å². The number of benzene rings is 1. The lowest BCUT2D eigenvalue weighted by Crippen LogP contribution is -2.35. The molecule has 0 bridgehead atoms. The Morgan fingerprint density at radius 3 is 2.32 bits per heavy atom. The smallest absolute Gasteiger partial charge is 0.226 e. The maximum atomic E-state index is 13.1. The fourth-order valence-corrected chi connectivity index (χ4v) is 3.37. The summed E-state index contributed by atoms with van der Waals surface area (Å²) in [5.74, 6) is 1.05. The van der Waals surface area contributed by atoms with E-state index in [0.717, 1.165) is 36.1 Å². The van der Waals surface area contributed by atoms with Crippen molar-refractivity contribution >= 4 is 5.91 Å². The Morgan fingerprint density at radius 2 is 1.76 bits per heavy atom. The molecule has 2 atom stereocenters. The van der Waals surface area contributed by atoms with Crippen LogP contribution in [0.25, 0.3) is 0 Å². The van der Waals surface area contributed by atoms with E-state index in [1.165, 1.54) is 0 Å². The first-order valence-corrected chi connectivity index (χ1v) is 8.72. The predicted octanol–water partition coefficient (Wildman–Crippen LogP) is 2.75. The summed E-state index contributed by atoms with van der Waals surface area (Å²) < 4.78 is 5.21. The van der Waals surface area contributed by atoms with E-state index in [9.17, 15) is 4.79 Å². The maximum Gasteiger partial charge on any atom is 0.226 e. The molecule has 0 unspecified atom stereocenters. The van der Waals surface area contributed by atoms with Crippen molar-refractivity contribution < 1.29 is 9.53 Å².